The molecule has 1 aliphatic carbocycles. The molecular weight excluding hydrogens is 172 g/mol. The van der Waals surface area contributed by atoms with Gasteiger partial charge in [-0.05, 0) is 30.5 Å². The molecule has 0 aliphatic heterocycles. The summed E-state index contributed by atoms with van der Waals surface area (Å²) in [5, 5.41) is 0.584. The van der Waals surface area contributed by atoms with Crippen molar-refractivity contribution in [2.75, 3.05) is 0 Å². The van der Waals surface area contributed by atoms with Crippen molar-refractivity contribution in [2.45, 2.75) is 25.8 Å². The summed E-state index contributed by atoms with van der Waals surface area (Å²) in [6.07, 6.45) is 1.82. The van der Waals surface area contributed by atoms with Gasteiger partial charge < -0.3 is 5.73 Å². The molecule has 64 valence electrons. The van der Waals surface area contributed by atoms with Crippen LogP contribution in [0.15, 0.2) is 6.07 Å². The van der Waals surface area contributed by atoms with Gasteiger partial charge in [-0.2, -0.15) is 0 Å². The SMILES string of the molecule is Cc1cc(Cl)nc2c1CC(N)C2. The van der Waals surface area contributed by atoms with Crippen molar-refractivity contribution >= 4 is 11.6 Å². The van der Waals surface area contributed by atoms with E-state index < -0.39 is 0 Å². The first-order valence-electron chi connectivity index (χ1n) is 4.07. The highest BCUT2D eigenvalue weighted by molar-refractivity contribution is 6.29. The lowest BCUT2D eigenvalue weighted by Gasteiger charge is -2.02. The van der Waals surface area contributed by atoms with Crippen LogP contribution in [0.2, 0.25) is 5.15 Å². The monoisotopic (exact) mass is 182 g/mol. The van der Waals surface area contributed by atoms with Gasteiger partial charge in [0.1, 0.15) is 5.15 Å². The molecule has 1 heterocycles. The molecule has 0 radical (unpaired) electrons. The number of halogens is 1. The van der Waals surface area contributed by atoms with Crippen molar-refractivity contribution in [2.24, 2.45) is 5.73 Å². The van der Waals surface area contributed by atoms with Crippen LogP contribution in [0.4, 0.5) is 0 Å². The smallest absolute Gasteiger partial charge is 0.129 e. The fourth-order valence-electron chi connectivity index (χ4n) is 1.75. The van der Waals surface area contributed by atoms with E-state index >= 15 is 0 Å². The van der Waals surface area contributed by atoms with Crippen molar-refractivity contribution in [3.8, 4) is 0 Å². The maximum absolute atomic E-state index is 5.82. The molecule has 0 amide bonds. The van der Waals surface area contributed by atoms with Crippen LogP contribution in [0.1, 0.15) is 16.8 Å². The number of nitrogens with two attached hydrogens (primary N) is 1. The van der Waals surface area contributed by atoms with Crippen LogP contribution in [-0.4, -0.2) is 11.0 Å². The van der Waals surface area contributed by atoms with E-state index in [1.807, 2.05) is 6.07 Å². The van der Waals surface area contributed by atoms with Gasteiger partial charge in [0.05, 0.1) is 0 Å². The Balaban J connectivity index is 2.52. The number of fused-ring (bicyclic) bond motifs is 1. The summed E-state index contributed by atoms with van der Waals surface area (Å²) in [6.45, 7) is 2.06. The van der Waals surface area contributed by atoms with Gasteiger partial charge in [0.15, 0.2) is 0 Å². The van der Waals surface area contributed by atoms with E-state index in [0.29, 0.717) is 5.15 Å². The maximum Gasteiger partial charge on any atom is 0.129 e. The van der Waals surface area contributed by atoms with Gasteiger partial charge in [0.2, 0.25) is 0 Å². The molecule has 0 spiro atoms. The highest BCUT2D eigenvalue weighted by Crippen LogP contribution is 2.24. The van der Waals surface area contributed by atoms with E-state index in [4.69, 9.17) is 17.3 Å². The van der Waals surface area contributed by atoms with Crippen molar-refractivity contribution in [3.63, 3.8) is 0 Å². The van der Waals surface area contributed by atoms with Crippen molar-refractivity contribution in [3.05, 3.63) is 28.0 Å². The molecule has 1 atom stereocenters. The average molecular weight is 183 g/mol. The number of hydrogen-bond donors (Lipinski definition) is 1. The number of rotatable bonds is 0. The number of aryl methyl sites for hydroxylation is 1. The van der Waals surface area contributed by atoms with Gasteiger partial charge >= 0.3 is 0 Å². The number of nitrogens with zero attached hydrogens (tertiary/aromatic N) is 1. The lowest BCUT2D eigenvalue weighted by Crippen LogP contribution is -2.19. The van der Waals surface area contributed by atoms with Crippen molar-refractivity contribution in [1.29, 1.82) is 0 Å². The molecule has 0 saturated heterocycles. The second-order valence-electron chi connectivity index (χ2n) is 3.36. The zero-order valence-electron chi connectivity index (χ0n) is 6.97. The Labute approximate surface area is 76.7 Å². The summed E-state index contributed by atoms with van der Waals surface area (Å²) in [5.74, 6) is 0. The molecule has 0 fully saturated rings. The summed E-state index contributed by atoms with van der Waals surface area (Å²) < 4.78 is 0. The Hall–Kier alpha value is -0.600. The molecular formula is C9H11ClN2. The molecule has 12 heavy (non-hydrogen) atoms. The van der Waals surface area contributed by atoms with Crippen LogP contribution >= 0.6 is 11.6 Å². The molecule has 2 N–H and O–H groups in total. The van der Waals surface area contributed by atoms with E-state index in [0.717, 1.165) is 18.5 Å². The van der Waals surface area contributed by atoms with E-state index in [1.165, 1.54) is 11.1 Å². The molecule has 0 bridgehead atoms. The molecule has 0 saturated carbocycles. The maximum atomic E-state index is 5.82. The fourth-order valence-corrected chi connectivity index (χ4v) is 2.02. The van der Waals surface area contributed by atoms with Gasteiger partial charge in [-0.25, -0.2) is 4.98 Å². The van der Waals surface area contributed by atoms with E-state index in [2.05, 4.69) is 11.9 Å². The summed E-state index contributed by atoms with van der Waals surface area (Å²) in [4.78, 5) is 4.25. The molecule has 1 aromatic heterocycles. The molecule has 1 unspecified atom stereocenters. The third-order valence-corrected chi connectivity index (χ3v) is 2.52. The molecule has 2 rings (SSSR count). The largest absolute Gasteiger partial charge is 0.327 e. The Kier molecular flexibility index (Phi) is 1.81. The summed E-state index contributed by atoms with van der Waals surface area (Å²) in [7, 11) is 0. The Morgan fingerprint density at radius 1 is 1.58 bits per heavy atom. The van der Waals surface area contributed by atoms with Crippen molar-refractivity contribution in [1.82, 2.24) is 4.98 Å². The van der Waals surface area contributed by atoms with Crippen LogP contribution < -0.4 is 5.73 Å². The third-order valence-electron chi connectivity index (χ3n) is 2.32. The van der Waals surface area contributed by atoms with Gasteiger partial charge in [0, 0.05) is 18.2 Å². The quantitative estimate of drug-likeness (QED) is 0.618. The summed E-state index contributed by atoms with van der Waals surface area (Å²) >= 11 is 5.82. The molecule has 2 nitrogen and oxygen atoms in total. The van der Waals surface area contributed by atoms with Gasteiger partial charge in [-0.3, -0.25) is 0 Å². The van der Waals surface area contributed by atoms with Crippen LogP contribution in [0.3, 0.4) is 0 Å². The lowest BCUT2D eigenvalue weighted by atomic mass is 10.1. The minimum atomic E-state index is 0.240. The van der Waals surface area contributed by atoms with Gasteiger partial charge in [0.25, 0.3) is 0 Å². The number of pyridine rings is 1. The van der Waals surface area contributed by atoms with Gasteiger partial charge in [-0.15, -0.1) is 0 Å². The van der Waals surface area contributed by atoms with E-state index in [1.54, 1.807) is 0 Å². The molecule has 0 aromatic carbocycles. The summed E-state index contributed by atoms with van der Waals surface area (Å²) in [5.41, 5.74) is 9.43. The van der Waals surface area contributed by atoms with E-state index in [-0.39, 0.29) is 6.04 Å². The molecule has 1 aliphatic rings. The minimum absolute atomic E-state index is 0.240. The number of aromatic nitrogens is 1. The first-order valence-corrected chi connectivity index (χ1v) is 4.45. The zero-order valence-corrected chi connectivity index (χ0v) is 7.73. The molecule has 3 heteroatoms. The summed E-state index contributed by atoms with van der Waals surface area (Å²) in [6, 6.07) is 2.14. The fraction of sp³-hybridized carbons (Fsp3) is 0.444. The normalized spacial score (nSPS) is 21.1. The highest BCUT2D eigenvalue weighted by atomic mass is 35.5. The lowest BCUT2D eigenvalue weighted by molar-refractivity contribution is 0.715. The Morgan fingerprint density at radius 2 is 2.33 bits per heavy atom. The Morgan fingerprint density at radius 3 is 3.08 bits per heavy atom. The van der Waals surface area contributed by atoms with Crippen molar-refractivity contribution < 1.29 is 0 Å². The van der Waals surface area contributed by atoms with Gasteiger partial charge in [-0.1, -0.05) is 11.6 Å². The van der Waals surface area contributed by atoms with Crippen LogP contribution in [0.5, 0.6) is 0 Å². The highest BCUT2D eigenvalue weighted by Gasteiger charge is 2.21. The van der Waals surface area contributed by atoms with E-state index in [9.17, 15) is 0 Å². The predicted molar refractivity (Wildman–Crippen MR) is 49.4 cm³/mol. The zero-order chi connectivity index (χ0) is 8.72. The first-order chi connectivity index (χ1) is 5.66. The predicted octanol–water partition coefficient (Wildman–Crippen LogP) is 1.47. The van der Waals surface area contributed by atoms with Crippen LogP contribution in [0.25, 0.3) is 0 Å². The minimum Gasteiger partial charge on any atom is -0.327 e. The second kappa shape index (κ2) is 2.71. The van der Waals surface area contributed by atoms with Crippen LogP contribution in [0, 0.1) is 6.92 Å². The number of hydrogen-bond acceptors (Lipinski definition) is 2. The first kappa shape index (κ1) is 8.02. The Bertz CT molecular complexity index is 323. The third kappa shape index (κ3) is 1.21. The topological polar surface area (TPSA) is 38.9 Å². The average Bonchev–Trinajstić information content (AvgIpc) is 2.29. The standard InChI is InChI=1S/C9H11ClN2/c1-5-2-9(10)12-8-4-6(11)3-7(5)8/h2,6H,3-4,11H2,1H3. The second-order valence-corrected chi connectivity index (χ2v) is 3.74. The van der Waals surface area contributed by atoms with Crippen LogP contribution in [-0.2, 0) is 12.8 Å². The molecule has 1 aromatic rings.